The third-order valence-electron chi connectivity index (χ3n) is 7.60. The van der Waals surface area contributed by atoms with E-state index in [1.54, 1.807) is 0 Å². The van der Waals surface area contributed by atoms with E-state index in [0.717, 1.165) is 28.8 Å². The van der Waals surface area contributed by atoms with Crippen LogP contribution < -0.4 is 10.6 Å². The lowest BCUT2D eigenvalue weighted by atomic mass is 9.78. The number of hydrogen-bond donors (Lipinski definition) is 2. The van der Waals surface area contributed by atoms with Crippen LogP contribution in [0.15, 0.2) is 42.5 Å². The first-order valence-electron chi connectivity index (χ1n) is 12.4. The van der Waals surface area contributed by atoms with E-state index in [9.17, 15) is 14.4 Å². The maximum atomic E-state index is 13.4. The molecule has 2 heterocycles. The second-order valence-electron chi connectivity index (χ2n) is 10.0. The van der Waals surface area contributed by atoms with Gasteiger partial charge in [-0.1, -0.05) is 42.5 Å². The number of carbonyl (C=O) groups is 3. The second kappa shape index (κ2) is 9.43. The number of nitrogens with zero attached hydrogens (tertiary/aromatic N) is 3. The highest BCUT2D eigenvalue weighted by Crippen LogP contribution is 2.33. The quantitative estimate of drug-likeness (QED) is 0.649. The molecule has 0 bridgehead atoms. The van der Waals surface area contributed by atoms with Crippen LogP contribution in [-0.2, 0) is 22.4 Å². The highest BCUT2D eigenvalue weighted by molar-refractivity contribution is 6.07. The lowest BCUT2D eigenvalue weighted by Crippen LogP contribution is -2.54. The number of nitrogens with one attached hydrogen (secondary N) is 2. The van der Waals surface area contributed by atoms with E-state index < -0.39 is 5.54 Å². The van der Waals surface area contributed by atoms with Gasteiger partial charge in [0, 0.05) is 38.3 Å². The van der Waals surface area contributed by atoms with Crippen LogP contribution in [0.4, 0.5) is 10.5 Å². The molecule has 0 saturated carbocycles. The van der Waals surface area contributed by atoms with Gasteiger partial charge in [0.15, 0.2) is 0 Å². The van der Waals surface area contributed by atoms with Gasteiger partial charge in [-0.25, -0.2) is 9.69 Å². The Balaban J connectivity index is 1.14. The van der Waals surface area contributed by atoms with Gasteiger partial charge in [-0.15, -0.1) is 0 Å². The predicted molar refractivity (Wildman–Crippen MR) is 134 cm³/mol. The minimum atomic E-state index is -0.820. The number of fused-ring (bicyclic) bond motifs is 1. The zero-order chi connectivity index (χ0) is 24.6. The molecule has 0 aromatic heterocycles. The van der Waals surface area contributed by atoms with Gasteiger partial charge in [-0.2, -0.15) is 0 Å². The highest BCUT2D eigenvalue weighted by atomic mass is 16.2. The summed E-state index contributed by atoms with van der Waals surface area (Å²) in [6, 6.07) is 13.8. The minimum Gasteiger partial charge on any atom is -0.324 e. The number of amides is 4. The van der Waals surface area contributed by atoms with Gasteiger partial charge < -0.3 is 10.6 Å². The number of aryl methyl sites for hydroxylation is 3. The van der Waals surface area contributed by atoms with Crippen LogP contribution in [0.25, 0.3) is 0 Å². The fourth-order valence-corrected chi connectivity index (χ4v) is 5.51. The van der Waals surface area contributed by atoms with Crippen LogP contribution in [0.2, 0.25) is 0 Å². The zero-order valence-electron chi connectivity index (χ0n) is 20.5. The maximum Gasteiger partial charge on any atom is 0.326 e. The topological polar surface area (TPSA) is 85.0 Å². The Bertz CT molecular complexity index is 1140. The molecule has 0 radical (unpaired) electrons. The first kappa shape index (κ1) is 23.5. The van der Waals surface area contributed by atoms with Crippen molar-refractivity contribution in [2.24, 2.45) is 0 Å². The first-order chi connectivity index (χ1) is 16.8. The first-order valence-corrected chi connectivity index (χ1v) is 12.4. The SMILES string of the molecule is Cc1cccc(C)c1NC(=O)CN1CCN(CN2C(=O)NC3(CCc4ccccc4C3)C2=O)CC1. The van der Waals surface area contributed by atoms with Crippen molar-refractivity contribution in [2.45, 2.75) is 38.6 Å². The molecule has 1 unspecified atom stereocenters. The largest absolute Gasteiger partial charge is 0.326 e. The van der Waals surface area contributed by atoms with E-state index in [1.165, 1.54) is 10.5 Å². The average molecular weight is 476 g/mol. The van der Waals surface area contributed by atoms with Crippen LogP contribution in [0.5, 0.6) is 0 Å². The Kier molecular flexibility index (Phi) is 6.34. The zero-order valence-corrected chi connectivity index (χ0v) is 20.5. The Hall–Kier alpha value is -3.23. The number of benzene rings is 2. The molecule has 5 rings (SSSR count). The molecule has 2 aromatic rings. The summed E-state index contributed by atoms with van der Waals surface area (Å²) in [4.78, 5) is 44.4. The molecule has 8 nitrogen and oxygen atoms in total. The molecule has 1 aliphatic carbocycles. The van der Waals surface area contributed by atoms with Crippen molar-refractivity contribution in [3.63, 3.8) is 0 Å². The van der Waals surface area contributed by atoms with Gasteiger partial charge in [0.2, 0.25) is 5.91 Å². The van der Waals surface area contributed by atoms with Gasteiger partial charge in [-0.3, -0.25) is 19.4 Å². The monoisotopic (exact) mass is 475 g/mol. The van der Waals surface area contributed by atoms with Crippen LogP contribution >= 0.6 is 0 Å². The lowest BCUT2D eigenvalue weighted by Gasteiger charge is -2.36. The number of hydrogen-bond acceptors (Lipinski definition) is 5. The Morgan fingerprint density at radius 1 is 0.943 bits per heavy atom. The standard InChI is InChI=1S/C27H33N5O3/c1-19-6-5-7-20(2)24(19)28-23(33)17-30-12-14-31(15-13-30)18-32-25(34)27(29-26(32)35)11-10-21-8-3-4-9-22(21)16-27/h3-9H,10-18H2,1-2H3,(H,28,33)(H,29,35). The van der Waals surface area contributed by atoms with Crippen LogP contribution in [0, 0.1) is 13.8 Å². The molecule has 4 amide bonds. The summed E-state index contributed by atoms with van der Waals surface area (Å²) in [5.41, 5.74) is 4.57. The van der Waals surface area contributed by atoms with Gasteiger partial charge in [0.05, 0.1) is 13.2 Å². The molecule has 2 aliphatic heterocycles. The van der Waals surface area contributed by atoms with E-state index in [2.05, 4.69) is 26.5 Å². The van der Waals surface area contributed by atoms with Crippen molar-refractivity contribution < 1.29 is 14.4 Å². The Morgan fingerprint density at radius 2 is 1.60 bits per heavy atom. The van der Waals surface area contributed by atoms with Crippen molar-refractivity contribution in [3.05, 3.63) is 64.7 Å². The number of anilines is 1. The number of rotatable bonds is 5. The minimum absolute atomic E-state index is 0.0236. The molecule has 2 aromatic carbocycles. The number of urea groups is 1. The molecule has 8 heteroatoms. The second-order valence-corrected chi connectivity index (χ2v) is 10.0. The molecule has 2 N–H and O–H groups in total. The molecule has 184 valence electrons. The third-order valence-corrected chi connectivity index (χ3v) is 7.60. The molecule has 1 atom stereocenters. The van der Waals surface area contributed by atoms with Crippen molar-refractivity contribution in [3.8, 4) is 0 Å². The number of carbonyl (C=O) groups excluding carboxylic acids is 3. The molecule has 3 aliphatic rings. The highest BCUT2D eigenvalue weighted by Gasteiger charge is 2.52. The third kappa shape index (κ3) is 4.68. The normalized spacial score (nSPS) is 22.9. The Morgan fingerprint density at radius 3 is 2.31 bits per heavy atom. The number of imide groups is 1. The lowest BCUT2D eigenvalue weighted by molar-refractivity contribution is -0.133. The summed E-state index contributed by atoms with van der Waals surface area (Å²) in [5, 5.41) is 6.06. The molecule has 2 saturated heterocycles. The maximum absolute atomic E-state index is 13.4. The van der Waals surface area contributed by atoms with Crippen molar-refractivity contribution in [1.29, 1.82) is 0 Å². The molecular formula is C27H33N5O3. The molecule has 1 spiro atoms. The summed E-state index contributed by atoms with van der Waals surface area (Å²) in [6.45, 7) is 7.42. The summed E-state index contributed by atoms with van der Waals surface area (Å²) in [5.74, 6) is -0.142. The van der Waals surface area contributed by atoms with Crippen LogP contribution in [0.1, 0.15) is 28.7 Å². The van der Waals surface area contributed by atoms with Gasteiger partial charge in [0.1, 0.15) is 5.54 Å². The van der Waals surface area contributed by atoms with E-state index in [1.807, 2.05) is 50.2 Å². The summed E-state index contributed by atoms with van der Waals surface area (Å²) < 4.78 is 0. The predicted octanol–water partition coefficient (Wildman–Crippen LogP) is 2.30. The van der Waals surface area contributed by atoms with E-state index >= 15 is 0 Å². The van der Waals surface area contributed by atoms with E-state index in [0.29, 0.717) is 45.6 Å². The van der Waals surface area contributed by atoms with E-state index in [-0.39, 0.29) is 24.5 Å². The molecular weight excluding hydrogens is 442 g/mol. The van der Waals surface area contributed by atoms with Crippen molar-refractivity contribution in [2.75, 3.05) is 44.7 Å². The molecule has 35 heavy (non-hydrogen) atoms. The average Bonchev–Trinajstić information content (AvgIpc) is 3.06. The van der Waals surface area contributed by atoms with Gasteiger partial charge in [0.25, 0.3) is 5.91 Å². The van der Waals surface area contributed by atoms with Crippen LogP contribution in [-0.4, -0.2) is 77.5 Å². The number of piperazine rings is 1. The van der Waals surface area contributed by atoms with Crippen LogP contribution in [0.3, 0.4) is 0 Å². The van der Waals surface area contributed by atoms with E-state index in [4.69, 9.17) is 0 Å². The fourth-order valence-electron chi connectivity index (χ4n) is 5.51. The van der Waals surface area contributed by atoms with Crippen molar-refractivity contribution in [1.82, 2.24) is 20.0 Å². The van der Waals surface area contributed by atoms with Gasteiger partial charge in [-0.05, 0) is 48.9 Å². The molecule has 2 fully saturated rings. The Labute approximate surface area is 206 Å². The summed E-state index contributed by atoms with van der Waals surface area (Å²) >= 11 is 0. The summed E-state index contributed by atoms with van der Waals surface area (Å²) in [6.07, 6.45) is 1.97. The van der Waals surface area contributed by atoms with Gasteiger partial charge >= 0.3 is 6.03 Å². The summed E-state index contributed by atoms with van der Waals surface area (Å²) in [7, 11) is 0. The number of para-hydroxylation sites is 1. The fraction of sp³-hybridized carbons (Fsp3) is 0.444. The smallest absolute Gasteiger partial charge is 0.324 e. The van der Waals surface area contributed by atoms with Crippen molar-refractivity contribution >= 4 is 23.5 Å².